The van der Waals surface area contributed by atoms with Crippen molar-refractivity contribution in [1.29, 1.82) is 0 Å². The first-order valence-corrected chi connectivity index (χ1v) is 6.83. The summed E-state index contributed by atoms with van der Waals surface area (Å²) in [5, 5.41) is 0. The Kier molecular flexibility index (Phi) is 4.93. The molecule has 122 valence electrons. The van der Waals surface area contributed by atoms with E-state index >= 15 is 0 Å². The molecule has 0 N–H and O–H groups in total. The lowest BCUT2D eigenvalue weighted by Crippen LogP contribution is -2.17. The first-order valence-electron chi connectivity index (χ1n) is 6.83. The summed E-state index contributed by atoms with van der Waals surface area (Å²) < 4.78 is 46.4. The summed E-state index contributed by atoms with van der Waals surface area (Å²) in [6.07, 6.45) is -4.21. The molecule has 0 radical (unpaired) electrons. The van der Waals surface area contributed by atoms with Crippen molar-refractivity contribution in [2.24, 2.45) is 0 Å². The van der Waals surface area contributed by atoms with Crippen LogP contribution >= 0.6 is 0 Å². The van der Waals surface area contributed by atoms with E-state index in [1.165, 1.54) is 6.07 Å². The molecule has 6 heteroatoms. The first-order chi connectivity index (χ1) is 10.8. The molecule has 2 aromatic rings. The maximum absolute atomic E-state index is 12.3. The zero-order chi connectivity index (χ0) is 17.0. The largest absolute Gasteiger partial charge is 0.573 e. The van der Waals surface area contributed by atoms with Gasteiger partial charge in [0.1, 0.15) is 24.4 Å². The number of carbonyl (C=O) groups is 1. The first kappa shape index (κ1) is 16.9. The van der Waals surface area contributed by atoms with Gasteiger partial charge >= 0.3 is 6.36 Å². The number of aryl methyl sites for hydroxylation is 2. The van der Waals surface area contributed by atoms with Crippen molar-refractivity contribution in [2.45, 2.75) is 26.8 Å². The van der Waals surface area contributed by atoms with Crippen molar-refractivity contribution in [3.8, 4) is 11.5 Å². The van der Waals surface area contributed by atoms with Crippen LogP contribution < -0.4 is 9.47 Å². The normalized spacial score (nSPS) is 11.2. The Bertz CT molecular complexity index is 688. The van der Waals surface area contributed by atoms with Gasteiger partial charge in [0, 0.05) is 11.1 Å². The van der Waals surface area contributed by atoms with Gasteiger partial charge < -0.3 is 9.47 Å². The summed E-state index contributed by atoms with van der Waals surface area (Å²) >= 11 is 0. The van der Waals surface area contributed by atoms with Crippen LogP contribution in [0.4, 0.5) is 13.2 Å². The van der Waals surface area contributed by atoms with E-state index in [-0.39, 0.29) is 17.9 Å². The highest BCUT2D eigenvalue weighted by atomic mass is 19.4. The molecule has 0 heterocycles. The predicted molar refractivity (Wildman–Crippen MR) is 78.8 cm³/mol. The number of rotatable bonds is 5. The molecule has 0 aliphatic rings. The molecule has 0 fully saturated rings. The van der Waals surface area contributed by atoms with Crippen LogP contribution in [0.3, 0.4) is 0 Å². The molecule has 0 amide bonds. The number of ether oxygens (including phenoxy) is 2. The van der Waals surface area contributed by atoms with E-state index in [9.17, 15) is 18.0 Å². The summed E-state index contributed by atoms with van der Waals surface area (Å²) in [6.45, 7) is 3.70. The fourth-order valence-corrected chi connectivity index (χ4v) is 2.20. The van der Waals surface area contributed by atoms with Gasteiger partial charge in [0.25, 0.3) is 0 Å². The van der Waals surface area contributed by atoms with Gasteiger partial charge in [-0.15, -0.1) is 13.2 Å². The fraction of sp³-hybridized carbons (Fsp3) is 0.235. The third-order valence-corrected chi connectivity index (χ3v) is 3.26. The van der Waals surface area contributed by atoms with Gasteiger partial charge in [-0.05, 0) is 43.2 Å². The molecule has 0 atom stereocenters. The Morgan fingerprint density at radius 3 is 2.30 bits per heavy atom. The summed E-state index contributed by atoms with van der Waals surface area (Å²) in [5.74, 6) is 0.259. The molecule has 0 bridgehead atoms. The number of aldehydes is 1. The quantitative estimate of drug-likeness (QED) is 0.754. The van der Waals surface area contributed by atoms with E-state index in [2.05, 4.69) is 4.74 Å². The van der Waals surface area contributed by atoms with Gasteiger partial charge in [-0.3, -0.25) is 4.79 Å². The van der Waals surface area contributed by atoms with Crippen LogP contribution in [0.15, 0.2) is 36.4 Å². The Hall–Kier alpha value is -2.50. The van der Waals surface area contributed by atoms with E-state index in [1.54, 1.807) is 0 Å². The molecule has 2 rings (SSSR count). The van der Waals surface area contributed by atoms with E-state index in [1.807, 2.05) is 32.0 Å². The van der Waals surface area contributed by atoms with Gasteiger partial charge in [-0.25, -0.2) is 0 Å². The molecule has 2 aromatic carbocycles. The molecule has 0 aromatic heterocycles. The van der Waals surface area contributed by atoms with E-state index in [0.717, 1.165) is 23.3 Å². The zero-order valence-electron chi connectivity index (χ0n) is 12.6. The third-order valence-electron chi connectivity index (χ3n) is 3.26. The van der Waals surface area contributed by atoms with Crippen LogP contribution in [-0.4, -0.2) is 12.6 Å². The lowest BCUT2D eigenvalue weighted by molar-refractivity contribution is -0.274. The van der Waals surface area contributed by atoms with Crippen LogP contribution in [0.5, 0.6) is 11.5 Å². The minimum absolute atomic E-state index is 0.0329. The van der Waals surface area contributed by atoms with Crippen molar-refractivity contribution in [3.63, 3.8) is 0 Å². The summed E-state index contributed by atoms with van der Waals surface area (Å²) in [7, 11) is 0. The van der Waals surface area contributed by atoms with Gasteiger partial charge in [0.2, 0.25) is 0 Å². The van der Waals surface area contributed by atoms with Crippen molar-refractivity contribution in [1.82, 2.24) is 0 Å². The number of para-hydroxylation sites is 1. The average Bonchev–Trinajstić information content (AvgIpc) is 2.45. The molecule has 0 saturated heterocycles. The Balaban J connectivity index is 2.24. The standard InChI is InChI=1S/C17H15F3O3/c1-11-4-3-5-12(2)16(11)22-10-14-8-15(23-17(18,19)20)7-6-13(14)9-21/h3-9H,10H2,1-2H3. The SMILES string of the molecule is Cc1cccc(C)c1OCc1cc(OC(F)(F)F)ccc1C=O. The smallest absolute Gasteiger partial charge is 0.488 e. The number of benzene rings is 2. The molecule has 0 spiro atoms. The number of hydrogen-bond acceptors (Lipinski definition) is 3. The highest BCUT2D eigenvalue weighted by molar-refractivity contribution is 5.77. The van der Waals surface area contributed by atoms with Gasteiger partial charge in [0.05, 0.1) is 0 Å². The van der Waals surface area contributed by atoms with Crippen LogP contribution in [0.25, 0.3) is 0 Å². The summed E-state index contributed by atoms with van der Waals surface area (Å²) in [5.41, 5.74) is 2.39. The van der Waals surface area contributed by atoms with E-state index < -0.39 is 6.36 Å². The summed E-state index contributed by atoms with van der Waals surface area (Å²) in [4.78, 5) is 11.1. The van der Waals surface area contributed by atoms with Crippen LogP contribution in [0.2, 0.25) is 0 Å². The minimum Gasteiger partial charge on any atom is -0.488 e. The monoisotopic (exact) mass is 324 g/mol. The Morgan fingerprint density at radius 1 is 1.09 bits per heavy atom. The van der Waals surface area contributed by atoms with E-state index in [0.29, 0.717) is 17.6 Å². The second-order valence-corrected chi connectivity index (χ2v) is 5.04. The maximum atomic E-state index is 12.3. The van der Waals surface area contributed by atoms with Crippen LogP contribution in [0.1, 0.15) is 27.0 Å². The van der Waals surface area contributed by atoms with Gasteiger partial charge in [-0.1, -0.05) is 18.2 Å². The summed E-state index contributed by atoms with van der Waals surface area (Å²) in [6, 6.07) is 9.15. The zero-order valence-corrected chi connectivity index (χ0v) is 12.6. The van der Waals surface area contributed by atoms with Crippen LogP contribution in [0, 0.1) is 13.8 Å². The molecule has 3 nitrogen and oxygen atoms in total. The van der Waals surface area contributed by atoms with Crippen molar-refractivity contribution in [3.05, 3.63) is 58.7 Å². The average molecular weight is 324 g/mol. The van der Waals surface area contributed by atoms with Crippen molar-refractivity contribution < 1.29 is 27.4 Å². The molecule has 0 unspecified atom stereocenters. The highest BCUT2D eigenvalue weighted by Gasteiger charge is 2.31. The number of carbonyl (C=O) groups excluding carboxylic acids is 1. The van der Waals surface area contributed by atoms with E-state index in [4.69, 9.17) is 4.74 Å². The van der Waals surface area contributed by atoms with Gasteiger partial charge in [0.15, 0.2) is 0 Å². The predicted octanol–water partition coefficient (Wildman–Crippen LogP) is 4.59. The minimum atomic E-state index is -4.78. The number of alkyl halides is 3. The molecular weight excluding hydrogens is 309 g/mol. The Morgan fingerprint density at radius 2 is 1.74 bits per heavy atom. The Labute approximate surface area is 131 Å². The highest BCUT2D eigenvalue weighted by Crippen LogP contribution is 2.27. The molecular formula is C17H15F3O3. The number of halogens is 3. The molecule has 0 saturated carbocycles. The third kappa shape index (κ3) is 4.48. The topological polar surface area (TPSA) is 35.5 Å². The lowest BCUT2D eigenvalue weighted by atomic mass is 10.1. The lowest BCUT2D eigenvalue weighted by Gasteiger charge is -2.14. The van der Waals surface area contributed by atoms with Crippen molar-refractivity contribution in [2.75, 3.05) is 0 Å². The maximum Gasteiger partial charge on any atom is 0.573 e. The molecule has 0 aliphatic heterocycles. The second kappa shape index (κ2) is 6.73. The number of hydrogen-bond donors (Lipinski definition) is 0. The van der Waals surface area contributed by atoms with Crippen LogP contribution in [-0.2, 0) is 6.61 Å². The fourth-order valence-electron chi connectivity index (χ4n) is 2.20. The molecule has 23 heavy (non-hydrogen) atoms. The second-order valence-electron chi connectivity index (χ2n) is 5.04. The van der Waals surface area contributed by atoms with Gasteiger partial charge in [-0.2, -0.15) is 0 Å². The van der Waals surface area contributed by atoms with Crippen molar-refractivity contribution >= 4 is 6.29 Å². The molecule has 0 aliphatic carbocycles.